The lowest BCUT2D eigenvalue weighted by Gasteiger charge is -2.20. The lowest BCUT2D eigenvalue weighted by atomic mass is 9.85. The summed E-state index contributed by atoms with van der Waals surface area (Å²) in [6.45, 7) is 9.09. The van der Waals surface area contributed by atoms with Gasteiger partial charge in [-0.15, -0.1) is 0 Å². The van der Waals surface area contributed by atoms with Gasteiger partial charge in [-0.25, -0.2) is 4.57 Å². The van der Waals surface area contributed by atoms with Gasteiger partial charge in [0.15, 0.2) is 6.20 Å². The average Bonchev–Trinajstić information content (AvgIpc) is 3.19. The minimum atomic E-state index is 0.112. The number of rotatable bonds is 1. The third-order valence-electron chi connectivity index (χ3n) is 7.80. The van der Waals surface area contributed by atoms with Crippen LogP contribution in [0, 0.1) is 6.92 Å². The molecule has 0 saturated carbocycles. The Kier molecular flexibility index (Phi) is 3.99. The van der Waals surface area contributed by atoms with Crippen LogP contribution in [0.2, 0.25) is 0 Å². The number of benzene rings is 4. The maximum absolute atomic E-state index is 2.51. The summed E-state index contributed by atoms with van der Waals surface area (Å²) < 4.78 is 4.81. The minimum Gasteiger partial charge on any atom is -0.307 e. The Labute approximate surface area is 205 Å². The Balaban J connectivity index is 1.73. The summed E-state index contributed by atoms with van der Waals surface area (Å²) >= 11 is 0. The highest BCUT2D eigenvalue weighted by molar-refractivity contribution is 6.26. The molecule has 7 aromatic rings. The van der Waals surface area contributed by atoms with Crippen LogP contribution in [-0.4, -0.2) is 4.40 Å². The molecule has 35 heavy (non-hydrogen) atoms. The Hall–Kier alpha value is -3.91. The molecular formula is C33H29N2+. The zero-order valence-electron chi connectivity index (χ0n) is 21.0. The van der Waals surface area contributed by atoms with E-state index in [4.69, 9.17) is 0 Å². The van der Waals surface area contributed by atoms with Gasteiger partial charge in [0.25, 0.3) is 0 Å². The molecule has 0 amide bonds. The van der Waals surface area contributed by atoms with Crippen LogP contribution in [0.3, 0.4) is 0 Å². The van der Waals surface area contributed by atoms with E-state index in [0.717, 1.165) is 0 Å². The minimum absolute atomic E-state index is 0.112. The van der Waals surface area contributed by atoms with Crippen molar-refractivity contribution in [2.24, 2.45) is 7.05 Å². The van der Waals surface area contributed by atoms with Crippen LogP contribution in [0.25, 0.3) is 60.1 Å². The van der Waals surface area contributed by atoms with E-state index >= 15 is 0 Å². The second-order valence-corrected chi connectivity index (χ2v) is 11.1. The molecule has 4 aromatic carbocycles. The number of pyridine rings is 2. The van der Waals surface area contributed by atoms with Gasteiger partial charge in [0.05, 0.1) is 27.3 Å². The van der Waals surface area contributed by atoms with E-state index < -0.39 is 0 Å². The second kappa shape index (κ2) is 6.82. The Morgan fingerprint density at radius 3 is 2.37 bits per heavy atom. The third-order valence-corrected chi connectivity index (χ3v) is 7.80. The highest BCUT2D eigenvalue weighted by Gasteiger charge is 2.24. The maximum Gasteiger partial charge on any atom is 0.224 e. The molecule has 7 rings (SSSR count). The first-order valence-electron chi connectivity index (χ1n) is 12.4. The van der Waals surface area contributed by atoms with Gasteiger partial charge in [-0.05, 0) is 58.2 Å². The molecule has 0 fully saturated rings. The Bertz CT molecular complexity index is 1950. The molecule has 0 aliphatic carbocycles. The summed E-state index contributed by atoms with van der Waals surface area (Å²) in [6, 6.07) is 29.5. The zero-order valence-corrected chi connectivity index (χ0v) is 21.0. The van der Waals surface area contributed by atoms with Gasteiger partial charge in [0.1, 0.15) is 7.05 Å². The lowest BCUT2D eigenvalue weighted by Crippen LogP contribution is -2.28. The number of aryl methyl sites for hydroxylation is 2. The van der Waals surface area contributed by atoms with Gasteiger partial charge in [0.2, 0.25) is 5.52 Å². The standard InChI is InChI=1S/C33H29N2/c1-20-13-14-26-25-11-6-7-12-27(25)35-28-19-23(21-9-8-10-24(18-21)33(2,3)4)17-22-15-16-34(5)32(30(22)28)29(20)31(26)35/h6-19H,1-5H3/q+1. The van der Waals surface area contributed by atoms with Gasteiger partial charge >= 0.3 is 0 Å². The van der Waals surface area contributed by atoms with Crippen LogP contribution < -0.4 is 4.57 Å². The van der Waals surface area contributed by atoms with Crippen molar-refractivity contribution in [2.45, 2.75) is 33.1 Å². The van der Waals surface area contributed by atoms with E-state index in [1.54, 1.807) is 0 Å². The van der Waals surface area contributed by atoms with Crippen molar-refractivity contribution in [2.75, 3.05) is 0 Å². The van der Waals surface area contributed by atoms with E-state index in [0.29, 0.717) is 0 Å². The quantitative estimate of drug-likeness (QED) is 0.135. The smallest absolute Gasteiger partial charge is 0.224 e. The fourth-order valence-electron chi connectivity index (χ4n) is 6.00. The number of hydrogen-bond acceptors (Lipinski definition) is 0. The van der Waals surface area contributed by atoms with Crippen molar-refractivity contribution in [1.82, 2.24) is 4.40 Å². The molecule has 0 atom stereocenters. The molecule has 3 heterocycles. The topological polar surface area (TPSA) is 8.29 Å². The number of hydrogen-bond donors (Lipinski definition) is 0. The number of fused-ring (bicyclic) bond motifs is 5. The molecule has 170 valence electrons. The molecule has 0 bridgehead atoms. The Morgan fingerprint density at radius 1 is 0.714 bits per heavy atom. The molecule has 0 aliphatic heterocycles. The highest BCUT2D eigenvalue weighted by Crippen LogP contribution is 2.42. The van der Waals surface area contributed by atoms with Crippen LogP contribution in [0.5, 0.6) is 0 Å². The van der Waals surface area contributed by atoms with E-state index in [1.807, 2.05) is 0 Å². The first kappa shape index (κ1) is 20.5. The average molecular weight is 454 g/mol. The van der Waals surface area contributed by atoms with E-state index in [2.05, 4.69) is 129 Å². The predicted molar refractivity (Wildman–Crippen MR) is 149 cm³/mol. The first-order valence-corrected chi connectivity index (χ1v) is 12.4. The fraction of sp³-hybridized carbons (Fsp3) is 0.182. The second-order valence-electron chi connectivity index (χ2n) is 11.1. The lowest BCUT2D eigenvalue weighted by molar-refractivity contribution is -0.643. The van der Waals surface area contributed by atoms with Crippen molar-refractivity contribution in [3.05, 3.63) is 96.2 Å². The summed E-state index contributed by atoms with van der Waals surface area (Å²) in [5.74, 6) is 0. The maximum atomic E-state index is 2.51. The van der Waals surface area contributed by atoms with Crippen molar-refractivity contribution in [1.29, 1.82) is 0 Å². The third kappa shape index (κ3) is 2.74. The molecule has 0 aliphatic rings. The van der Waals surface area contributed by atoms with Crippen LogP contribution >= 0.6 is 0 Å². The summed E-state index contributed by atoms with van der Waals surface area (Å²) in [7, 11) is 2.18. The molecule has 0 unspecified atom stereocenters. The van der Waals surface area contributed by atoms with Crippen molar-refractivity contribution in [3.63, 3.8) is 0 Å². The van der Waals surface area contributed by atoms with E-state index in [9.17, 15) is 0 Å². The van der Waals surface area contributed by atoms with Crippen LogP contribution in [0.1, 0.15) is 31.9 Å². The molecule has 3 aromatic heterocycles. The number of para-hydroxylation sites is 1. The summed E-state index contributed by atoms with van der Waals surface area (Å²) in [5, 5.41) is 6.60. The van der Waals surface area contributed by atoms with Crippen LogP contribution in [0.4, 0.5) is 0 Å². The summed E-state index contributed by atoms with van der Waals surface area (Å²) in [6.07, 6.45) is 2.22. The van der Waals surface area contributed by atoms with Gasteiger partial charge in [-0.3, -0.25) is 0 Å². The largest absolute Gasteiger partial charge is 0.307 e. The first-order chi connectivity index (χ1) is 16.8. The fourth-order valence-corrected chi connectivity index (χ4v) is 6.00. The molecule has 0 saturated heterocycles. The number of nitrogens with zero attached hydrogens (tertiary/aromatic N) is 2. The molecule has 2 heteroatoms. The van der Waals surface area contributed by atoms with Gasteiger partial charge in [-0.2, -0.15) is 0 Å². The molecular weight excluding hydrogens is 424 g/mol. The van der Waals surface area contributed by atoms with E-state index in [1.165, 1.54) is 71.3 Å². The normalized spacial score (nSPS) is 12.7. The molecule has 2 nitrogen and oxygen atoms in total. The van der Waals surface area contributed by atoms with Gasteiger partial charge in [0, 0.05) is 16.8 Å². The zero-order chi connectivity index (χ0) is 24.1. The summed E-state index contributed by atoms with van der Waals surface area (Å²) in [5.41, 5.74) is 10.5. The van der Waals surface area contributed by atoms with Crippen LogP contribution in [0.15, 0.2) is 85.1 Å². The van der Waals surface area contributed by atoms with Gasteiger partial charge in [-0.1, -0.05) is 75.4 Å². The van der Waals surface area contributed by atoms with Crippen LogP contribution in [-0.2, 0) is 12.5 Å². The molecule has 0 radical (unpaired) electrons. The monoisotopic (exact) mass is 453 g/mol. The molecule has 0 spiro atoms. The SMILES string of the molecule is Cc1ccc2c3ccccc3n3c4cc(-c5cccc(C(C)(C)C)c5)cc5cc[n+](C)c(c1c23)c54. The Morgan fingerprint density at radius 2 is 1.54 bits per heavy atom. The van der Waals surface area contributed by atoms with E-state index in [-0.39, 0.29) is 5.41 Å². The molecule has 0 N–H and O–H groups in total. The summed E-state index contributed by atoms with van der Waals surface area (Å²) in [4.78, 5) is 0. The number of aromatic nitrogens is 2. The van der Waals surface area contributed by atoms with Crippen molar-refractivity contribution >= 4 is 49.0 Å². The predicted octanol–water partition coefficient (Wildman–Crippen LogP) is 8.09. The highest BCUT2D eigenvalue weighted by atomic mass is 15.0. The van der Waals surface area contributed by atoms with Crippen molar-refractivity contribution < 1.29 is 4.57 Å². The van der Waals surface area contributed by atoms with Crippen molar-refractivity contribution in [3.8, 4) is 11.1 Å². The van der Waals surface area contributed by atoms with Gasteiger partial charge < -0.3 is 4.40 Å².